The highest BCUT2D eigenvalue weighted by atomic mass is 35.5. The molecule has 1 aliphatic rings. The number of urea groups is 1. The van der Waals surface area contributed by atoms with Crippen molar-refractivity contribution in [3.63, 3.8) is 0 Å². The average molecular weight is 423 g/mol. The van der Waals surface area contributed by atoms with Gasteiger partial charge in [0.05, 0.1) is 24.2 Å². The van der Waals surface area contributed by atoms with E-state index >= 15 is 0 Å². The van der Waals surface area contributed by atoms with E-state index in [0.717, 1.165) is 5.69 Å². The van der Waals surface area contributed by atoms with Crippen LogP contribution in [0.5, 0.6) is 0 Å². The SMILES string of the molecule is CC[C@H](C)[C@@H](NC(=O)N1CCc2[nH]cnc2[C@H]1c1ccc(F)c(Cl)c1)C(=O)OC. The molecule has 2 N–H and O–H groups in total. The summed E-state index contributed by atoms with van der Waals surface area (Å²) < 4.78 is 18.5. The molecule has 1 aromatic carbocycles. The number of halogens is 2. The first kappa shape index (κ1) is 21.1. The van der Waals surface area contributed by atoms with Crippen molar-refractivity contribution >= 4 is 23.6 Å². The predicted octanol–water partition coefficient (Wildman–Crippen LogP) is 3.45. The first-order valence-electron chi connectivity index (χ1n) is 9.49. The Hall–Kier alpha value is -2.61. The Balaban J connectivity index is 1.94. The maximum Gasteiger partial charge on any atom is 0.328 e. The zero-order chi connectivity index (χ0) is 21.1. The van der Waals surface area contributed by atoms with Gasteiger partial charge in [0.25, 0.3) is 0 Å². The largest absolute Gasteiger partial charge is 0.467 e. The van der Waals surface area contributed by atoms with Crippen molar-refractivity contribution in [2.75, 3.05) is 13.7 Å². The number of carbonyl (C=O) groups is 2. The molecule has 156 valence electrons. The van der Waals surface area contributed by atoms with Crippen molar-refractivity contribution in [1.29, 1.82) is 0 Å². The fourth-order valence-electron chi connectivity index (χ4n) is 3.53. The summed E-state index contributed by atoms with van der Waals surface area (Å²) in [6.07, 6.45) is 2.85. The number of fused-ring (bicyclic) bond motifs is 1. The molecule has 0 aliphatic carbocycles. The van der Waals surface area contributed by atoms with Crippen molar-refractivity contribution in [3.8, 4) is 0 Å². The quantitative estimate of drug-likeness (QED) is 0.722. The molecule has 0 radical (unpaired) electrons. The minimum absolute atomic E-state index is 0.0300. The van der Waals surface area contributed by atoms with Crippen LogP contribution in [0.3, 0.4) is 0 Å². The van der Waals surface area contributed by atoms with E-state index in [0.29, 0.717) is 30.6 Å². The summed E-state index contributed by atoms with van der Waals surface area (Å²) in [6, 6.07) is 2.61. The fraction of sp³-hybridized carbons (Fsp3) is 0.450. The second-order valence-corrected chi connectivity index (χ2v) is 7.53. The number of imidazole rings is 1. The van der Waals surface area contributed by atoms with Gasteiger partial charge in [0.15, 0.2) is 0 Å². The van der Waals surface area contributed by atoms with E-state index in [9.17, 15) is 14.0 Å². The van der Waals surface area contributed by atoms with Gasteiger partial charge in [-0.2, -0.15) is 0 Å². The van der Waals surface area contributed by atoms with Gasteiger partial charge in [-0.3, -0.25) is 0 Å². The summed E-state index contributed by atoms with van der Waals surface area (Å²) in [6.45, 7) is 4.21. The van der Waals surface area contributed by atoms with Crippen molar-refractivity contribution in [2.24, 2.45) is 5.92 Å². The molecule has 3 rings (SSSR count). The molecule has 2 heterocycles. The van der Waals surface area contributed by atoms with Gasteiger partial charge in [0.1, 0.15) is 17.9 Å². The number of methoxy groups -OCH3 is 1. The van der Waals surface area contributed by atoms with Crippen LogP contribution in [0.25, 0.3) is 0 Å². The third-order valence-corrected chi connectivity index (χ3v) is 5.68. The second-order valence-electron chi connectivity index (χ2n) is 7.12. The van der Waals surface area contributed by atoms with E-state index in [2.05, 4.69) is 15.3 Å². The van der Waals surface area contributed by atoms with Crippen molar-refractivity contribution in [3.05, 3.63) is 52.3 Å². The fourth-order valence-corrected chi connectivity index (χ4v) is 3.72. The third-order valence-electron chi connectivity index (χ3n) is 5.39. The number of hydrogen-bond donors (Lipinski definition) is 2. The van der Waals surface area contributed by atoms with Crippen molar-refractivity contribution in [2.45, 2.75) is 38.8 Å². The van der Waals surface area contributed by atoms with Crippen LogP contribution in [-0.2, 0) is 16.0 Å². The highest BCUT2D eigenvalue weighted by Gasteiger charge is 2.37. The van der Waals surface area contributed by atoms with Crippen LogP contribution in [0.1, 0.15) is 43.3 Å². The molecule has 0 saturated carbocycles. The minimum atomic E-state index is -0.768. The highest BCUT2D eigenvalue weighted by Crippen LogP contribution is 2.35. The van der Waals surface area contributed by atoms with Crippen LogP contribution in [0.2, 0.25) is 5.02 Å². The van der Waals surface area contributed by atoms with E-state index < -0.39 is 29.9 Å². The lowest BCUT2D eigenvalue weighted by atomic mass is 9.95. The van der Waals surface area contributed by atoms with E-state index in [1.165, 1.54) is 19.2 Å². The van der Waals surface area contributed by atoms with E-state index in [-0.39, 0.29) is 10.9 Å². The molecule has 3 atom stereocenters. The number of nitrogens with one attached hydrogen (secondary N) is 2. The summed E-state index contributed by atoms with van der Waals surface area (Å²) in [5, 5.41) is 2.77. The zero-order valence-corrected chi connectivity index (χ0v) is 17.3. The number of nitrogens with zero attached hydrogens (tertiary/aromatic N) is 2. The maximum atomic E-state index is 13.7. The van der Waals surface area contributed by atoms with E-state index in [1.807, 2.05) is 13.8 Å². The topological polar surface area (TPSA) is 87.3 Å². The second kappa shape index (κ2) is 8.82. The number of benzene rings is 1. The molecule has 2 aromatic rings. The Morgan fingerprint density at radius 2 is 2.24 bits per heavy atom. The summed E-state index contributed by atoms with van der Waals surface area (Å²) >= 11 is 5.98. The van der Waals surface area contributed by atoms with Gasteiger partial charge in [-0.1, -0.05) is 37.9 Å². The molecule has 0 spiro atoms. The van der Waals surface area contributed by atoms with Crippen LogP contribution in [0.15, 0.2) is 24.5 Å². The van der Waals surface area contributed by atoms with Crippen LogP contribution >= 0.6 is 11.6 Å². The lowest BCUT2D eigenvalue weighted by molar-refractivity contribution is -0.144. The molecule has 29 heavy (non-hydrogen) atoms. The molecule has 1 aromatic heterocycles. The van der Waals surface area contributed by atoms with Crippen LogP contribution in [0.4, 0.5) is 9.18 Å². The van der Waals surface area contributed by atoms with Gasteiger partial charge in [-0.15, -0.1) is 0 Å². The summed E-state index contributed by atoms with van der Waals surface area (Å²) in [7, 11) is 1.30. The Morgan fingerprint density at radius 1 is 1.48 bits per heavy atom. The van der Waals surface area contributed by atoms with Gasteiger partial charge >= 0.3 is 12.0 Å². The van der Waals surface area contributed by atoms with Crippen LogP contribution in [0, 0.1) is 11.7 Å². The number of aromatic nitrogens is 2. The summed E-state index contributed by atoms with van der Waals surface area (Å²) in [4.78, 5) is 34.4. The van der Waals surface area contributed by atoms with Crippen molar-refractivity contribution < 1.29 is 18.7 Å². The van der Waals surface area contributed by atoms with Gasteiger partial charge in [0, 0.05) is 18.7 Å². The Kier molecular flexibility index (Phi) is 6.42. The molecular weight excluding hydrogens is 399 g/mol. The van der Waals surface area contributed by atoms with E-state index in [1.54, 1.807) is 17.3 Å². The number of ether oxygens (including phenoxy) is 1. The lowest BCUT2D eigenvalue weighted by Crippen LogP contribution is -2.53. The molecule has 0 unspecified atom stereocenters. The van der Waals surface area contributed by atoms with Gasteiger partial charge in [-0.25, -0.2) is 19.0 Å². The average Bonchev–Trinajstić information content (AvgIpc) is 3.20. The van der Waals surface area contributed by atoms with Crippen LogP contribution < -0.4 is 5.32 Å². The summed E-state index contributed by atoms with van der Waals surface area (Å²) in [5.41, 5.74) is 2.22. The zero-order valence-electron chi connectivity index (χ0n) is 16.5. The Labute approximate surface area is 173 Å². The number of rotatable bonds is 5. The predicted molar refractivity (Wildman–Crippen MR) is 106 cm³/mol. The number of esters is 1. The number of aromatic amines is 1. The molecule has 7 nitrogen and oxygen atoms in total. The minimum Gasteiger partial charge on any atom is -0.467 e. The van der Waals surface area contributed by atoms with E-state index in [4.69, 9.17) is 16.3 Å². The molecule has 0 fully saturated rings. The lowest BCUT2D eigenvalue weighted by Gasteiger charge is -2.36. The smallest absolute Gasteiger partial charge is 0.328 e. The molecular formula is C20H24ClFN4O3. The number of hydrogen-bond acceptors (Lipinski definition) is 4. The molecule has 2 amide bonds. The third kappa shape index (κ3) is 4.22. The van der Waals surface area contributed by atoms with Gasteiger partial charge in [0.2, 0.25) is 0 Å². The highest BCUT2D eigenvalue weighted by molar-refractivity contribution is 6.30. The van der Waals surface area contributed by atoms with Crippen LogP contribution in [-0.4, -0.2) is 46.6 Å². The number of carbonyl (C=O) groups excluding carboxylic acids is 2. The number of H-pyrrole nitrogens is 1. The number of amides is 2. The molecule has 1 aliphatic heterocycles. The maximum absolute atomic E-state index is 13.7. The molecule has 0 bridgehead atoms. The van der Waals surface area contributed by atoms with Gasteiger partial charge < -0.3 is 19.9 Å². The van der Waals surface area contributed by atoms with Crippen molar-refractivity contribution in [1.82, 2.24) is 20.2 Å². The Morgan fingerprint density at radius 3 is 2.90 bits per heavy atom. The van der Waals surface area contributed by atoms with Gasteiger partial charge in [-0.05, 0) is 23.6 Å². The molecule has 9 heteroatoms. The molecule has 0 saturated heterocycles. The normalized spacial score (nSPS) is 18.0. The summed E-state index contributed by atoms with van der Waals surface area (Å²) in [5.74, 6) is -1.13. The first-order chi connectivity index (χ1) is 13.9. The first-order valence-corrected chi connectivity index (χ1v) is 9.87. The standard InChI is InChI=1S/C20H24ClFN4O3/c1-4-11(2)16(19(27)29-3)25-20(28)26-8-7-15-17(24-10-23-15)18(26)12-5-6-14(22)13(21)9-12/h5-6,9-11,16,18H,4,7-8H2,1-3H3,(H,23,24)(H,25,28)/t11-,16+,18+/m0/s1. The monoisotopic (exact) mass is 422 g/mol. The Bertz CT molecular complexity index is 904.